The molecule has 0 bridgehead atoms. The molecule has 0 fully saturated rings. The molecule has 3 nitrogen and oxygen atoms in total. The average Bonchev–Trinajstić information content (AvgIpc) is 2.26. The fraction of sp³-hybridized carbons (Fsp3) is 0.455. The summed E-state index contributed by atoms with van der Waals surface area (Å²) in [5, 5.41) is 12.2. The molecule has 0 saturated heterocycles. The first-order valence-electron chi connectivity index (χ1n) is 4.88. The number of nitrogens with two attached hydrogens (primary N) is 1. The van der Waals surface area contributed by atoms with E-state index in [0.717, 1.165) is 12.1 Å². The predicted molar refractivity (Wildman–Crippen MR) is 57.7 cm³/mol. The van der Waals surface area contributed by atoms with Gasteiger partial charge < -0.3 is 16.2 Å². The SMILES string of the molecule is CC(CN)NCc1cccc(CO)c1. The molecule has 1 aromatic carbocycles. The second-order valence-corrected chi connectivity index (χ2v) is 3.50. The van der Waals surface area contributed by atoms with Gasteiger partial charge in [-0.15, -0.1) is 0 Å². The topological polar surface area (TPSA) is 58.3 Å². The molecule has 0 aliphatic carbocycles. The van der Waals surface area contributed by atoms with E-state index in [2.05, 4.69) is 12.2 Å². The smallest absolute Gasteiger partial charge is 0.0681 e. The van der Waals surface area contributed by atoms with Crippen LogP contribution in [0.5, 0.6) is 0 Å². The summed E-state index contributed by atoms with van der Waals surface area (Å²) in [7, 11) is 0. The molecule has 0 radical (unpaired) electrons. The van der Waals surface area contributed by atoms with E-state index >= 15 is 0 Å². The Bertz CT molecular complexity index is 276. The Hall–Kier alpha value is -0.900. The lowest BCUT2D eigenvalue weighted by Crippen LogP contribution is -2.32. The zero-order chi connectivity index (χ0) is 10.4. The highest BCUT2D eigenvalue weighted by Gasteiger charge is 1.98. The summed E-state index contributed by atoms with van der Waals surface area (Å²) in [6, 6.07) is 8.23. The molecule has 0 amide bonds. The normalized spacial score (nSPS) is 12.8. The van der Waals surface area contributed by atoms with Crippen LogP contribution in [0.3, 0.4) is 0 Å². The molecule has 3 heteroatoms. The standard InChI is InChI=1S/C11H18N2O/c1-9(6-12)13-7-10-3-2-4-11(5-10)8-14/h2-5,9,13-14H,6-8,12H2,1H3. The van der Waals surface area contributed by atoms with Crippen molar-refractivity contribution in [3.63, 3.8) is 0 Å². The molecule has 0 saturated carbocycles. The van der Waals surface area contributed by atoms with E-state index in [4.69, 9.17) is 10.8 Å². The van der Waals surface area contributed by atoms with E-state index in [1.807, 2.05) is 24.3 Å². The minimum atomic E-state index is 0.0975. The molecule has 1 rings (SSSR count). The predicted octanol–water partition coefficient (Wildman–Crippen LogP) is 0.616. The van der Waals surface area contributed by atoms with Gasteiger partial charge in [-0.3, -0.25) is 0 Å². The lowest BCUT2D eigenvalue weighted by atomic mass is 10.1. The van der Waals surface area contributed by atoms with Gasteiger partial charge in [0.2, 0.25) is 0 Å². The van der Waals surface area contributed by atoms with Crippen molar-refractivity contribution in [1.29, 1.82) is 0 Å². The van der Waals surface area contributed by atoms with Crippen LogP contribution < -0.4 is 11.1 Å². The third kappa shape index (κ3) is 3.46. The third-order valence-corrected chi connectivity index (χ3v) is 2.18. The first-order chi connectivity index (χ1) is 6.76. The van der Waals surface area contributed by atoms with Crippen molar-refractivity contribution in [2.45, 2.75) is 26.1 Å². The van der Waals surface area contributed by atoms with Crippen LogP contribution in [0.25, 0.3) is 0 Å². The van der Waals surface area contributed by atoms with Gasteiger partial charge in [-0.1, -0.05) is 24.3 Å². The Morgan fingerprint density at radius 3 is 2.79 bits per heavy atom. The maximum absolute atomic E-state index is 8.95. The Labute approximate surface area is 84.9 Å². The number of rotatable bonds is 5. The van der Waals surface area contributed by atoms with Gasteiger partial charge in [-0.2, -0.15) is 0 Å². The highest BCUT2D eigenvalue weighted by molar-refractivity contribution is 5.22. The Kier molecular flexibility index (Phi) is 4.59. The van der Waals surface area contributed by atoms with Gasteiger partial charge in [0.25, 0.3) is 0 Å². The van der Waals surface area contributed by atoms with Crippen LogP contribution in [-0.2, 0) is 13.2 Å². The second-order valence-electron chi connectivity index (χ2n) is 3.50. The summed E-state index contributed by atoms with van der Waals surface area (Å²) in [5.41, 5.74) is 7.62. The lowest BCUT2D eigenvalue weighted by Gasteiger charge is -2.11. The van der Waals surface area contributed by atoms with Crippen LogP contribution in [-0.4, -0.2) is 17.7 Å². The van der Waals surface area contributed by atoms with Gasteiger partial charge in [0.05, 0.1) is 6.61 Å². The highest BCUT2D eigenvalue weighted by atomic mass is 16.3. The van der Waals surface area contributed by atoms with Crippen LogP contribution in [0, 0.1) is 0 Å². The van der Waals surface area contributed by atoms with E-state index in [-0.39, 0.29) is 6.61 Å². The van der Waals surface area contributed by atoms with Gasteiger partial charge in [-0.05, 0) is 18.1 Å². The van der Waals surface area contributed by atoms with Crippen LogP contribution in [0.1, 0.15) is 18.1 Å². The first kappa shape index (κ1) is 11.2. The maximum Gasteiger partial charge on any atom is 0.0681 e. The zero-order valence-electron chi connectivity index (χ0n) is 8.53. The Morgan fingerprint density at radius 1 is 1.43 bits per heavy atom. The van der Waals surface area contributed by atoms with Gasteiger partial charge >= 0.3 is 0 Å². The number of nitrogens with one attached hydrogen (secondary N) is 1. The van der Waals surface area contributed by atoms with Crippen molar-refractivity contribution in [2.75, 3.05) is 6.54 Å². The number of aliphatic hydroxyl groups is 1. The van der Waals surface area contributed by atoms with Crippen molar-refractivity contribution in [2.24, 2.45) is 5.73 Å². The summed E-state index contributed by atoms with van der Waals surface area (Å²) in [6.45, 7) is 3.59. The van der Waals surface area contributed by atoms with E-state index in [1.165, 1.54) is 5.56 Å². The zero-order valence-corrected chi connectivity index (χ0v) is 8.53. The lowest BCUT2D eigenvalue weighted by molar-refractivity contribution is 0.281. The molecule has 1 atom stereocenters. The van der Waals surface area contributed by atoms with Gasteiger partial charge in [0.1, 0.15) is 0 Å². The molecular formula is C11H18N2O. The van der Waals surface area contributed by atoms with Crippen molar-refractivity contribution < 1.29 is 5.11 Å². The first-order valence-corrected chi connectivity index (χ1v) is 4.88. The minimum Gasteiger partial charge on any atom is -0.392 e. The third-order valence-electron chi connectivity index (χ3n) is 2.18. The quantitative estimate of drug-likeness (QED) is 0.644. The number of benzene rings is 1. The fourth-order valence-electron chi connectivity index (χ4n) is 1.21. The van der Waals surface area contributed by atoms with E-state index in [1.54, 1.807) is 0 Å². The number of hydrogen-bond donors (Lipinski definition) is 3. The van der Waals surface area contributed by atoms with E-state index < -0.39 is 0 Å². The van der Waals surface area contributed by atoms with Gasteiger partial charge in [-0.25, -0.2) is 0 Å². The minimum absolute atomic E-state index is 0.0975. The summed E-state index contributed by atoms with van der Waals surface area (Å²) in [4.78, 5) is 0. The number of aliphatic hydroxyl groups excluding tert-OH is 1. The van der Waals surface area contributed by atoms with Gasteiger partial charge in [0.15, 0.2) is 0 Å². The molecule has 0 aromatic heterocycles. The summed E-state index contributed by atoms with van der Waals surface area (Å²) >= 11 is 0. The summed E-state index contributed by atoms with van der Waals surface area (Å²) < 4.78 is 0. The molecule has 0 spiro atoms. The van der Waals surface area contributed by atoms with Gasteiger partial charge in [0, 0.05) is 19.1 Å². The molecule has 0 aliphatic heterocycles. The average molecular weight is 194 g/mol. The van der Waals surface area contributed by atoms with Crippen molar-refractivity contribution in [1.82, 2.24) is 5.32 Å². The molecule has 14 heavy (non-hydrogen) atoms. The summed E-state index contributed by atoms with van der Waals surface area (Å²) in [5.74, 6) is 0. The molecular weight excluding hydrogens is 176 g/mol. The Balaban J connectivity index is 2.50. The molecule has 0 aliphatic rings. The van der Waals surface area contributed by atoms with Crippen LogP contribution >= 0.6 is 0 Å². The van der Waals surface area contributed by atoms with Crippen LogP contribution in [0.15, 0.2) is 24.3 Å². The highest BCUT2D eigenvalue weighted by Crippen LogP contribution is 2.04. The largest absolute Gasteiger partial charge is 0.392 e. The maximum atomic E-state index is 8.95. The molecule has 0 heterocycles. The molecule has 78 valence electrons. The van der Waals surface area contributed by atoms with Crippen molar-refractivity contribution in [3.05, 3.63) is 35.4 Å². The van der Waals surface area contributed by atoms with Crippen molar-refractivity contribution >= 4 is 0 Å². The molecule has 1 unspecified atom stereocenters. The van der Waals surface area contributed by atoms with Crippen LogP contribution in [0.4, 0.5) is 0 Å². The number of hydrogen-bond acceptors (Lipinski definition) is 3. The molecule has 4 N–H and O–H groups in total. The van der Waals surface area contributed by atoms with E-state index in [9.17, 15) is 0 Å². The summed E-state index contributed by atoms with van der Waals surface area (Å²) in [6.07, 6.45) is 0. The second kappa shape index (κ2) is 5.75. The van der Waals surface area contributed by atoms with Crippen molar-refractivity contribution in [3.8, 4) is 0 Å². The molecule has 1 aromatic rings. The van der Waals surface area contributed by atoms with Crippen LogP contribution in [0.2, 0.25) is 0 Å². The monoisotopic (exact) mass is 194 g/mol. The Morgan fingerprint density at radius 2 is 2.14 bits per heavy atom. The fourth-order valence-corrected chi connectivity index (χ4v) is 1.21. The van der Waals surface area contributed by atoms with E-state index in [0.29, 0.717) is 12.6 Å².